The normalized spacial score (nSPS) is 18.6. The Morgan fingerprint density at radius 2 is 1.55 bits per heavy atom. The molecular formula is C47H42IrN2O-2. The number of rotatable bonds is 3. The maximum absolute atomic E-state index is 9.41. The number of hydrogen-bond acceptors (Lipinski definition) is 3. The van der Waals surface area contributed by atoms with Crippen LogP contribution in [0.3, 0.4) is 0 Å². The van der Waals surface area contributed by atoms with E-state index < -0.39 is 26.4 Å². The topological polar surface area (TPSA) is 38.9 Å². The molecule has 0 bridgehead atoms. The molecule has 3 nitrogen and oxygen atoms in total. The summed E-state index contributed by atoms with van der Waals surface area (Å²) in [5.74, 6) is -0.975. The zero-order chi connectivity index (χ0) is 42.8. The zero-order valence-electron chi connectivity index (χ0n) is 38.4. The predicted octanol–water partition coefficient (Wildman–Crippen LogP) is 12.9. The van der Waals surface area contributed by atoms with Gasteiger partial charge >= 0.3 is 0 Å². The molecule has 0 saturated heterocycles. The van der Waals surface area contributed by atoms with E-state index in [9.17, 15) is 1.37 Å². The van der Waals surface area contributed by atoms with Gasteiger partial charge in [0.1, 0.15) is 5.58 Å². The molecule has 1 radical (unpaired) electrons. The Labute approximate surface area is 328 Å². The van der Waals surface area contributed by atoms with Gasteiger partial charge in [0.2, 0.25) is 0 Å². The fourth-order valence-corrected chi connectivity index (χ4v) is 6.95. The van der Waals surface area contributed by atoms with Crippen molar-refractivity contribution in [1.29, 1.82) is 0 Å². The third-order valence-electron chi connectivity index (χ3n) is 9.90. The van der Waals surface area contributed by atoms with Crippen LogP contribution in [-0.2, 0) is 20.1 Å². The van der Waals surface area contributed by atoms with E-state index in [0.717, 1.165) is 40.0 Å². The molecule has 0 unspecified atom stereocenters. The average Bonchev–Trinajstić information content (AvgIpc) is 3.58. The molecule has 0 spiro atoms. The molecule has 8 aromatic rings. The minimum atomic E-state index is -2.35. The summed E-state index contributed by atoms with van der Waals surface area (Å²) in [5.41, 5.74) is 5.13. The molecule has 3 heterocycles. The molecule has 5 aromatic carbocycles. The van der Waals surface area contributed by atoms with Crippen LogP contribution in [0.25, 0.3) is 66.0 Å². The van der Waals surface area contributed by atoms with Crippen molar-refractivity contribution >= 4 is 43.5 Å². The molecule has 1 aliphatic carbocycles. The number of aryl methyl sites for hydroxylation is 3. The van der Waals surface area contributed by atoms with Gasteiger partial charge in [-0.3, -0.25) is 0 Å². The van der Waals surface area contributed by atoms with E-state index in [-0.39, 0.29) is 42.2 Å². The quantitative estimate of drug-likeness (QED) is 0.131. The van der Waals surface area contributed by atoms with Gasteiger partial charge in [-0.2, -0.15) is 0 Å². The first-order valence-electron chi connectivity index (χ1n) is 21.9. The van der Waals surface area contributed by atoms with Gasteiger partial charge in [-0.05, 0) is 112 Å². The minimum absolute atomic E-state index is 0. The second kappa shape index (κ2) is 14.2. The van der Waals surface area contributed by atoms with Crippen LogP contribution in [0.1, 0.15) is 81.4 Å². The summed E-state index contributed by atoms with van der Waals surface area (Å²) in [6, 6.07) is 36.4. The van der Waals surface area contributed by atoms with Crippen LogP contribution >= 0.6 is 0 Å². The number of furan rings is 1. The summed E-state index contributed by atoms with van der Waals surface area (Å²) >= 11 is 0. The van der Waals surface area contributed by atoms with Crippen LogP contribution in [0.15, 0.2) is 114 Å². The van der Waals surface area contributed by atoms with Crippen molar-refractivity contribution in [3.8, 4) is 22.5 Å². The molecule has 0 N–H and O–H groups in total. The number of pyridine rings is 2. The second-order valence-electron chi connectivity index (χ2n) is 13.9. The van der Waals surface area contributed by atoms with Crippen molar-refractivity contribution in [3.63, 3.8) is 0 Å². The molecule has 1 fully saturated rings. The van der Waals surface area contributed by atoms with Crippen LogP contribution < -0.4 is 0 Å². The average molecular weight is 853 g/mol. The van der Waals surface area contributed by atoms with Gasteiger partial charge in [-0.25, -0.2) is 0 Å². The summed E-state index contributed by atoms with van der Waals surface area (Å²) in [4.78, 5) is 8.69. The van der Waals surface area contributed by atoms with Gasteiger partial charge in [0.15, 0.2) is 0 Å². The number of fused-ring (bicyclic) bond motifs is 6. The fraction of sp³-hybridized carbons (Fsp3) is 0.234. The van der Waals surface area contributed by atoms with Crippen LogP contribution in [-0.4, -0.2) is 9.97 Å². The minimum Gasteiger partial charge on any atom is -0.501 e. The van der Waals surface area contributed by atoms with Crippen molar-refractivity contribution in [2.75, 3.05) is 0 Å². The number of nitrogens with zero attached hydrogens (tertiary/aromatic N) is 2. The van der Waals surface area contributed by atoms with Gasteiger partial charge in [0.25, 0.3) is 0 Å². The van der Waals surface area contributed by atoms with Crippen molar-refractivity contribution in [3.05, 3.63) is 144 Å². The third-order valence-corrected chi connectivity index (χ3v) is 9.90. The van der Waals surface area contributed by atoms with E-state index in [2.05, 4.69) is 78.4 Å². The van der Waals surface area contributed by atoms with Crippen molar-refractivity contribution in [1.82, 2.24) is 9.97 Å². The molecule has 51 heavy (non-hydrogen) atoms. The first-order valence-corrected chi connectivity index (χ1v) is 16.9. The third kappa shape index (κ3) is 7.01. The first kappa shape index (κ1) is 24.5. The monoisotopic (exact) mass is 853 g/mol. The van der Waals surface area contributed by atoms with E-state index in [0.29, 0.717) is 46.5 Å². The molecular weight excluding hydrogens is 801 g/mol. The zero-order valence-corrected chi connectivity index (χ0v) is 30.8. The first-order chi connectivity index (χ1) is 28.2. The molecule has 0 atom stereocenters. The maximum Gasteiger partial charge on any atom is 0.121 e. The van der Waals surface area contributed by atoms with Crippen molar-refractivity contribution in [2.45, 2.75) is 66.0 Å². The van der Waals surface area contributed by atoms with Crippen LogP contribution in [0.2, 0.25) is 0 Å². The Kier molecular flexibility index (Phi) is 6.82. The SMILES string of the molecule is [2H]C([2H])([2H])c1c[c-]c(-c2ccc(C([2H])([2H])[2H])cn2)cc1.[2H]C([2H])([2H])c1cnc(-c2[c-]ccc3c2oc2cc4c(ccc5ccccc54)cc23)cc1C1([2H])CCC(C)(C)CC1.[Ir]. The maximum atomic E-state index is 9.41. The number of benzene rings is 5. The van der Waals surface area contributed by atoms with E-state index in [1.165, 1.54) is 41.4 Å². The van der Waals surface area contributed by atoms with Crippen molar-refractivity contribution < 1.29 is 38.2 Å². The molecule has 4 heteroatoms. The smallest absolute Gasteiger partial charge is 0.121 e. The number of hydrogen-bond donors (Lipinski definition) is 0. The molecule has 0 aliphatic heterocycles. The van der Waals surface area contributed by atoms with Crippen LogP contribution in [0.4, 0.5) is 0 Å². The van der Waals surface area contributed by atoms with Gasteiger partial charge in [0, 0.05) is 51.6 Å². The number of aromatic nitrogens is 2. The van der Waals surface area contributed by atoms with Crippen molar-refractivity contribution in [2.24, 2.45) is 5.41 Å². The Morgan fingerprint density at radius 3 is 2.31 bits per heavy atom. The molecule has 3 aromatic heterocycles. The molecule has 257 valence electrons. The second-order valence-corrected chi connectivity index (χ2v) is 13.9. The summed E-state index contributed by atoms with van der Waals surface area (Å²) in [6.07, 6.45) is 5.73. The van der Waals surface area contributed by atoms with E-state index in [1.807, 2.05) is 24.3 Å². The summed E-state index contributed by atoms with van der Waals surface area (Å²) in [6.45, 7) is -2.24. The molecule has 1 aliphatic rings. The Hall–Kier alpha value is -4.63. The standard InChI is InChI=1S/C34H30NO.C13H12N.Ir/c1-21-20-35-31(18-28(21)23-13-15-34(2,3)16-14-23)27-10-6-9-26-30-17-24-12-11-22-7-4-5-8-25(22)29(24)19-32(30)36-33(26)27;1-10-3-6-12(7-4-10)13-8-5-11(2)9-14-13;/h4-9,11-12,17-20,23H,13-16H2,1-3H3;3-6,8-9H,1-2H3;/q2*-1;/i1D3,23D;1D3,2D3;. The summed E-state index contributed by atoms with van der Waals surface area (Å²) in [5, 5.41) is 6.61. The Balaban J connectivity index is 0.000000226. The van der Waals surface area contributed by atoms with Crippen LogP contribution in [0.5, 0.6) is 0 Å². The van der Waals surface area contributed by atoms with Gasteiger partial charge in [-0.1, -0.05) is 86.2 Å². The van der Waals surface area contributed by atoms with E-state index >= 15 is 0 Å². The van der Waals surface area contributed by atoms with Gasteiger partial charge in [-0.15, -0.1) is 53.6 Å². The van der Waals surface area contributed by atoms with Crippen LogP contribution in [0, 0.1) is 38.1 Å². The largest absolute Gasteiger partial charge is 0.501 e. The molecule has 9 rings (SSSR count). The predicted molar refractivity (Wildman–Crippen MR) is 209 cm³/mol. The van der Waals surface area contributed by atoms with E-state index in [1.54, 1.807) is 12.1 Å². The summed E-state index contributed by atoms with van der Waals surface area (Å²) < 4.78 is 84.1. The molecule has 1 saturated carbocycles. The Morgan fingerprint density at radius 1 is 0.745 bits per heavy atom. The summed E-state index contributed by atoms with van der Waals surface area (Å²) in [7, 11) is 0. The Bertz CT molecular complexity index is 2810. The molecule has 0 amide bonds. The van der Waals surface area contributed by atoms with Gasteiger partial charge in [0.05, 0.1) is 5.58 Å². The van der Waals surface area contributed by atoms with Gasteiger partial charge < -0.3 is 14.4 Å². The van der Waals surface area contributed by atoms with E-state index in [4.69, 9.17) is 16.8 Å². The fourth-order valence-electron chi connectivity index (χ4n) is 6.95.